The van der Waals surface area contributed by atoms with Gasteiger partial charge in [0.2, 0.25) is 5.78 Å². The number of carbonyl (C=O) groups excluding carboxylic acids is 1. The van der Waals surface area contributed by atoms with E-state index in [9.17, 15) is 4.79 Å². The molecule has 0 radical (unpaired) electrons. The first-order valence-electron chi connectivity index (χ1n) is 6.01. The van der Waals surface area contributed by atoms with E-state index in [0.29, 0.717) is 11.8 Å². The van der Waals surface area contributed by atoms with Gasteiger partial charge in [-0.1, -0.05) is 58.6 Å². The van der Waals surface area contributed by atoms with Crippen LogP contribution in [0.4, 0.5) is 0 Å². The number of rotatable bonds is 0. The summed E-state index contributed by atoms with van der Waals surface area (Å²) in [7, 11) is 0. The van der Waals surface area contributed by atoms with Gasteiger partial charge in [0.25, 0.3) is 0 Å². The van der Waals surface area contributed by atoms with Gasteiger partial charge < -0.3 is 4.74 Å². The summed E-state index contributed by atoms with van der Waals surface area (Å²) in [6, 6.07) is 0. The van der Waals surface area contributed by atoms with Crippen LogP contribution in [0.3, 0.4) is 0 Å². The van der Waals surface area contributed by atoms with E-state index in [0.717, 1.165) is 6.42 Å². The lowest BCUT2D eigenvalue weighted by Crippen LogP contribution is -2.63. The van der Waals surface area contributed by atoms with E-state index in [-0.39, 0.29) is 32.2 Å². The lowest BCUT2D eigenvalue weighted by Gasteiger charge is -2.56. The Balaban J connectivity index is 1.88. The van der Waals surface area contributed by atoms with Gasteiger partial charge in [-0.05, 0) is 12.3 Å². The molecule has 1 saturated heterocycles. The van der Waals surface area contributed by atoms with Crippen molar-refractivity contribution in [2.24, 2.45) is 17.8 Å². The molecule has 0 aromatic rings. The average Bonchev–Trinajstić information content (AvgIpc) is 2.91. The Morgan fingerprint density at radius 3 is 2.21 bits per heavy atom. The molecule has 2 nitrogen and oxygen atoms in total. The number of ether oxygens (including phenoxy) is 1. The van der Waals surface area contributed by atoms with Crippen LogP contribution in [0, 0.1) is 17.8 Å². The Bertz CT molecular complexity index is 576. The Labute approximate surface area is 130 Å². The number of allylic oxidation sites excluding steroid dienone is 3. The second-order valence-corrected chi connectivity index (χ2v) is 6.89. The van der Waals surface area contributed by atoms with E-state index in [2.05, 4.69) is 12.2 Å². The molecular formula is C13H8Cl4O2. The van der Waals surface area contributed by atoms with Crippen LogP contribution >= 0.6 is 46.4 Å². The molecule has 0 N–H and O–H groups in total. The Kier molecular flexibility index (Phi) is 2.55. The highest BCUT2D eigenvalue weighted by Crippen LogP contribution is 2.66. The van der Waals surface area contributed by atoms with Crippen molar-refractivity contribution in [3.8, 4) is 0 Å². The van der Waals surface area contributed by atoms with Gasteiger partial charge in [-0.2, -0.15) is 0 Å². The van der Waals surface area contributed by atoms with E-state index < -0.39 is 11.4 Å². The van der Waals surface area contributed by atoms with Crippen molar-refractivity contribution in [2.45, 2.75) is 18.1 Å². The minimum atomic E-state index is -1.000. The fourth-order valence-electron chi connectivity index (χ4n) is 3.81. The second kappa shape index (κ2) is 3.80. The molecule has 1 spiro atoms. The topological polar surface area (TPSA) is 26.3 Å². The van der Waals surface area contributed by atoms with Crippen LogP contribution in [-0.2, 0) is 9.53 Å². The molecule has 0 aromatic carbocycles. The minimum absolute atomic E-state index is 0.0822. The molecule has 3 aliphatic carbocycles. The summed E-state index contributed by atoms with van der Waals surface area (Å²) in [6.45, 7) is 0. The van der Waals surface area contributed by atoms with Gasteiger partial charge in [-0.15, -0.1) is 0 Å². The molecule has 2 fully saturated rings. The average molecular weight is 338 g/mol. The van der Waals surface area contributed by atoms with Gasteiger partial charge in [0, 0.05) is 11.8 Å². The van der Waals surface area contributed by atoms with Crippen molar-refractivity contribution in [1.82, 2.24) is 0 Å². The zero-order chi connectivity index (χ0) is 13.5. The molecule has 100 valence electrons. The maximum absolute atomic E-state index is 11.8. The number of Topliss-reactive ketones (excluding diaryl/α,β-unsaturated/α-hetero) is 1. The molecule has 1 unspecified atom stereocenters. The molecule has 4 rings (SSSR count). The molecule has 0 amide bonds. The SMILES string of the molecule is O=C1C(Cl)=C(Cl)C2(O[C@H]3C2[C@H]2C=C[C@@H]3C2)C(Cl)=C1Cl. The molecule has 4 atom stereocenters. The fraction of sp³-hybridized carbons (Fsp3) is 0.462. The third-order valence-electron chi connectivity index (χ3n) is 4.61. The van der Waals surface area contributed by atoms with Crippen molar-refractivity contribution < 1.29 is 9.53 Å². The summed E-state index contributed by atoms with van der Waals surface area (Å²) in [5.74, 6) is 0.353. The molecule has 2 bridgehead atoms. The molecule has 4 aliphatic rings. The van der Waals surface area contributed by atoms with Crippen molar-refractivity contribution in [2.75, 3.05) is 0 Å². The van der Waals surface area contributed by atoms with Crippen LogP contribution in [0.5, 0.6) is 0 Å². The highest BCUT2D eigenvalue weighted by molar-refractivity contribution is 6.61. The number of halogens is 4. The highest BCUT2D eigenvalue weighted by Gasteiger charge is 2.69. The predicted octanol–water partition coefficient (Wildman–Crippen LogP) is 3.91. The largest absolute Gasteiger partial charge is 0.359 e. The normalized spacial score (nSPS) is 42.2. The van der Waals surface area contributed by atoms with Crippen LogP contribution < -0.4 is 0 Å². The summed E-state index contributed by atoms with van der Waals surface area (Å²) in [5, 5.41) is 0.189. The third kappa shape index (κ3) is 1.28. The summed E-state index contributed by atoms with van der Waals surface area (Å²) in [5.41, 5.74) is -1.000. The number of hydrogen-bond donors (Lipinski definition) is 0. The van der Waals surface area contributed by atoms with E-state index in [1.807, 2.05) is 0 Å². The number of fused-ring (bicyclic) bond motifs is 6. The molecule has 19 heavy (non-hydrogen) atoms. The van der Waals surface area contributed by atoms with Gasteiger partial charge in [-0.3, -0.25) is 4.79 Å². The van der Waals surface area contributed by atoms with Crippen molar-refractivity contribution >= 4 is 52.2 Å². The molecule has 6 heteroatoms. The predicted molar refractivity (Wildman–Crippen MR) is 74.3 cm³/mol. The number of ketones is 1. The summed E-state index contributed by atoms with van der Waals surface area (Å²) >= 11 is 24.6. The van der Waals surface area contributed by atoms with E-state index in [4.69, 9.17) is 51.1 Å². The number of carbonyl (C=O) groups is 1. The zero-order valence-corrected chi connectivity index (χ0v) is 12.5. The van der Waals surface area contributed by atoms with Gasteiger partial charge in [0.15, 0.2) is 0 Å². The lowest BCUT2D eigenvalue weighted by molar-refractivity contribution is -0.217. The van der Waals surface area contributed by atoms with Crippen LogP contribution in [0.2, 0.25) is 0 Å². The highest BCUT2D eigenvalue weighted by atomic mass is 35.5. The van der Waals surface area contributed by atoms with Gasteiger partial charge in [0.05, 0.1) is 16.2 Å². The van der Waals surface area contributed by atoms with Crippen molar-refractivity contribution in [3.63, 3.8) is 0 Å². The van der Waals surface area contributed by atoms with Crippen LogP contribution in [0.15, 0.2) is 32.3 Å². The minimum Gasteiger partial charge on any atom is -0.359 e. The summed E-state index contributed by atoms with van der Waals surface area (Å²) in [4.78, 5) is 11.8. The zero-order valence-electron chi connectivity index (χ0n) is 9.50. The van der Waals surface area contributed by atoms with E-state index in [1.54, 1.807) is 0 Å². The van der Waals surface area contributed by atoms with Gasteiger partial charge in [-0.25, -0.2) is 0 Å². The quantitative estimate of drug-likeness (QED) is 0.626. The molecule has 1 heterocycles. The monoisotopic (exact) mass is 336 g/mol. The Hall–Kier alpha value is 0.01000. The van der Waals surface area contributed by atoms with Gasteiger partial charge in [0.1, 0.15) is 15.7 Å². The lowest BCUT2D eigenvalue weighted by atomic mass is 9.69. The maximum Gasteiger partial charge on any atom is 0.218 e. The number of hydrogen-bond acceptors (Lipinski definition) is 2. The van der Waals surface area contributed by atoms with Gasteiger partial charge >= 0.3 is 0 Å². The first kappa shape index (κ1) is 12.7. The summed E-state index contributed by atoms with van der Waals surface area (Å²) in [6.07, 6.45) is 5.47. The van der Waals surface area contributed by atoms with Crippen LogP contribution in [-0.4, -0.2) is 17.5 Å². The fourth-order valence-corrected chi connectivity index (χ4v) is 5.07. The smallest absolute Gasteiger partial charge is 0.218 e. The van der Waals surface area contributed by atoms with E-state index >= 15 is 0 Å². The Morgan fingerprint density at radius 2 is 1.63 bits per heavy atom. The van der Waals surface area contributed by atoms with Crippen LogP contribution in [0.1, 0.15) is 6.42 Å². The molecule has 1 saturated carbocycles. The maximum atomic E-state index is 11.8. The summed E-state index contributed by atoms with van der Waals surface area (Å²) < 4.78 is 5.99. The third-order valence-corrected chi connectivity index (χ3v) is 6.47. The standard InChI is InChI=1S/C13H8Cl4O2/c14-7-9(18)8(15)12(17)13(11(7)16)6-4-1-2-5(3-4)10(6)19-13/h1-2,4-6,10H,3H2/t4-,5+,6?,10+/m0/s1. The van der Waals surface area contributed by atoms with Crippen molar-refractivity contribution in [3.05, 3.63) is 32.3 Å². The van der Waals surface area contributed by atoms with Crippen LogP contribution in [0.25, 0.3) is 0 Å². The van der Waals surface area contributed by atoms with Crippen molar-refractivity contribution in [1.29, 1.82) is 0 Å². The first-order chi connectivity index (χ1) is 8.98. The van der Waals surface area contributed by atoms with E-state index in [1.165, 1.54) is 0 Å². The first-order valence-corrected chi connectivity index (χ1v) is 7.52. The Morgan fingerprint density at radius 1 is 1.05 bits per heavy atom. The second-order valence-electron chi connectivity index (χ2n) is 5.38. The molecule has 0 aromatic heterocycles. The molecular weight excluding hydrogens is 330 g/mol. The molecule has 1 aliphatic heterocycles.